The zero-order valence-corrected chi connectivity index (χ0v) is 13.5. The fraction of sp³-hybridized carbons (Fsp3) is 0.353. The molecule has 0 aliphatic heterocycles. The number of hydrogen-bond donors (Lipinski definition) is 1. The Labute approximate surface area is 136 Å². The second kappa shape index (κ2) is 8.12. The molecule has 0 saturated heterocycles. The van der Waals surface area contributed by atoms with Crippen molar-refractivity contribution in [2.75, 3.05) is 11.9 Å². The Morgan fingerprint density at radius 3 is 2.87 bits per heavy atom. The summed E-state index contributed by atoms with van der Waals surface area (Å²) in [6, 6.07) is 8.23. The van der Waals surface area contributed by atoms with Crippen molar-refractivity contribution in [3.05, 3.63) is 47.8 Å². The summed E-state index contributed by atoms with van der Waals surface area (Å²) >= 11 is 0. The van der Waals surface area contributed by atoms with Crippen LogP contribution < -0.4 is 10.2 Å². The van der Waals surface area contributed by atoms with Gasteiger partial charge in [0.1, 0.15) is 6.54 Å². The Bertz CT molecular complexity index is 666. The zero-order valence-electron chi connectivity index (χ0n) is 13.5. The summed E-state index contributed by atoms with van der Waals surface area (Å²) in [5, 5.41) is 6.66. The molecule has 0 spiro atoms. The average molecular weight is 314 g/mol. The van der Waals surface area contributed by atoms with Gasteiger partial charge in [-0.1, -0.05) is 37.6 Å². The van der Waals surface area contributed by atoms with E-state index in [1.165, 1.54) is 10.2 Å². The highest BCUT2D eigenvalue weighted by atomic mass is 16.2. The Kier molecular flexibility index (Phi) is 5.91. The molecule has 0 fully saturated rings. The molecule has 6 heteroatoms. The fourth-order valence-electron chi connectivity index (χ4n) is 2.37. The van der Waals surface area contributed by atoms with E-state index in [4.69, 9.17) is 0 Å². The molecule has 23 heavy (non-hydrogen) atoms. The van der Waals surface area contributed by atoms with Crippen molar-refractivity contribution >= 4 is 18.0 Å². The molecule has 0 unspecified atom stereocenters. The molecule has 0 saturated carbocycles. The number of aryl methyl sites for hydroxylation is 1. The molecule has 0 aliphatic rings. The SMILES string of the molecule is CCCc1cccc(CN(C=O)c2cnn(CC(=O)NC)c2)c1. The Hall–Kier alpha value is -2.63. The predicted molar refractivity (Wildman–Crippen MR) is 89.0 cm³/mol. The van der Waals surface area contributed by atoms with Gasteiger partial charge in [0.25, 0.3) is 0 Å². The molecule has 0 bridgehead atoms. The van der Waals surface area contributed by atoms with Crippen LogP contribution in [-0.4, -0.2) is 29.1 Å². The number of aromatic nitrogens is 2. The molecular formula is C17H22N4O2. The summed E-state index contributed by atoms with van der Waals surface area (Å²) in [4.78, 5) is 24.4. The van der Waals surface area contributed by atoms with Gasteiger partial charge < -0.3 is 10.2 Å². The monoisotopic (exact) mass is 314 g/mol. The van der Waals surface area contributed by atoms with E-state index in [-0.39, 0.29) is 12.5 Å². The van der Waals surface area contributed by atoms with E-state index in [9.17, 15) is 9.59 Å². The first-order valence-corrected chi connectivity index (χ1v) is 7.69. The highest BCUT2D eigenvalue weighted by Crippen LogP contribution is 2.16. The maximum absolute atomic E-state index is 11.4. The van der Waals surface area contributed by atoms with Crippen LogP contribution in [0.2, 0.25) is 0 Å². The zero-order chi connectivity index (χ0) is 16.7. The van der Waals surface area contributed by atoms with Crippen molar-refractivity contribution in [2.24, 2.45) is 0 Å². The quantitative estimate of drug-likeness (QED) is 0.755. The van der Waals surface area contributed by atoms with Crippen LogP contribution >= 0.6 is 0 Å². The van der Waals surface area contributed by atoms with E-state index >= 15 is 0 Å². The van der Waals surface area contributed by atoms with E-state index in [2.05, 4.69) is 29.5 Å². The summed E-state index contributed by atoms with van der Waals surface area (Å²) in [7, 11) is 1.58. The number of carbonyl (C=O) groups is 2. The van der Waals surface area contributed by atoms with Crippen molar-refractivity contribution in [2.45, 2.75) is 32.9 Å². The molecule has 2 aromatic rings. The van der Waals surface area contributed by atoms with Gasteiger partial charge >= 0.3 is 0 Å². The van der Waals surface area contributed by atoms with Gasteiger partial charge in [-0.3, -0.25) is 14.3 Å². The van der Waals surface area contributed by atoms with E-state index in [1.54, 1.807) is 24.3 Å². The maximum Gasteiger partial charge on any atom is 0.241 e. The fourth-order valence-corrected chi connectivity index (χ4v) is 2.37. The molecular weight excluding hydrogens is 292 g/mol. The van der Waals surface area contributed by atoms with Gasteiger partial charge in [0.2, 0.25) is 12.3 Å². The molecule has 1 N–H and O–H groups in total. The number of anilines is 1. The highest BCUT2D eigenvalue weighted by Gasteiger charge is 2.10. The minimum Gasteiger partial charge on any atom is -0.358 e. The molecule has 1 aromatic heterocycles. The van der Waals surface area contributed by atoms with Crippen molar-refractivity contribution in [1.29, 1.82) is 0 Å². The average Bonchev–Trinajstić information content (AvgIpc) is 3.01. The molecule has 6 nitrogen and oxygen atoms in total. The summed E-state index contributed by atoms with van der Waals surface area (Å²) < 4.78 is 1.51. The van der Waals surface area contributed by atoms with Gasteiger partial charge in [-0.05, 0) is 17.5 Å². The van der Waals surface area contributed by atoms with Crippen LogP contribution in [0.25, 0.3) is 0 Å². The Morgan fingerprint density at radius 2 is 2.17 bits per heavy atom. The van der Waals surface area contributed by atoms with Crippen molar-refractivity contribution in [3.63, 3.8) is 0 Å². The number of benzene rings is 1. The maximum atomic E-state index is 11.4. The summed E-state index contributed by atoms with van der Waals surface area (Å²) in [5.41, 5.74) is 3.01. The molecule has 2 amide bonds. The normalized spacial score (nSPS) is 10.3. The number of carbonyl (C=O) groups excluding carboxylic acids is 2. The lowest BCUT2D eigenvalue weighted by molar-refractivity contribution is -0.121. The third-order valence-electron chi connectivity index (χ3n) is 3.55. The molecule has 1 heterocycles. The van der Waals surface area contributed by atoms with Crippen LogP contribution in [0, 0.1) is 0 Å². The Balaban J connectivity index is 2.09. The number of nitrogens with one attached hydrogen (secondary N) is 1. The van der Waals surface area contributed by atoms with Crippen LogP contribution in [0.3, 0.4) is 0 Å². The number of amides is 2. The first-order chi connectivity index (χ1) is 11.2. The number of rotatable bonds is 8. The highest BCUT2D eigenvalue weighted by molar-refractivity contribution is 5.76. The third kappa shape index (κ3) is 4.67. The lowest BCUT2D eigenvalue weighted by Gasteiger charge is -2.15. The number of likely N-dealkylation sites (N-methyl/N-ethyl adjacent to an activating group) is 1. The van der Waals surface area contributed by atoms with Gasteiger partial charge in [0, 0.05) is 13.2 Å². The van der Waals surface area contributed by atoms with E-state index in [1.807, 2.05) is 12.1 Å². The molecule has 1 aromatic carbocycles. The smallest absolute Gasteiger partial charge is 0.241 e. The topological polar surface area (TPSA) is 67.2 Å². The van der Waals surface area contributed by atoms with Crippen molar-refractivity contribution < 1.29 is 9.59 Å². The van der Waals surface area contributed by atoms with Gasteiger partial charge in [-0.25, -0.2) is 0 Å². The van der Waals surface area contributed by atoms with Crippen LogP contribution in [0.1, 0.15) is 24.5 Å². The van der Waals surface area contributed by atoms with Crippen molar-refractivity contribution in [3.8, 4) is 0 Å². The molecule has 0 aliphatic carbocycles. The van der Waals surface area contributed by atoms with Gasteiger partial charge in [-0.2, -0.15) is 5.10 Å². The largest absolute Gasteiger partial charge is 0.358 e. The number of hydrogen-bond acceptors (Lipinski definition) is 3. The van der Waals surface area contributed by atoms with Crippen LogP contribution in [0.4, 0.5) is 5.69 Å². The van der Waals surface area contributed by atoms with E-state index in [0.717, 1.165) is 24.8 Å². The standard InChI is InChI=1S/C17H22N4O2/c1-3-5-14-6-4-7-15(8-14)10-20(13-22)16-9-19-21(11-16)12-17(23)18-2/h4,6-9,11,13H,3,5,10,12H2,1-2H3,(H,18,23). The van der Waals surface area contributed by atoms with E-state index < -0.39 is 0 Å². The first kappa shape index (κ1) is 16.7. The second-order valence-corrected chi connectivity index (χ2v) is 5.37. The summed E-state index contributed by atoms with van der Waals surface area (Å²) in [6.07, 6.45) is 6.19. The Morgan fingerprint density at radius 1 is 1.39 bits per heavy atom. The van der Waals surface area contributed by atoms with Crippen LogP contribution in [0.15, 0.2) is 36.7 Å². The number of nitrogens with zero attached hydrogens (tertiary/aromatic N) is 3. The molecule has 122 valence electrons. The van der Waals surface area contributed by atoms with Gasteiger partial charge in [0.05, 0.1) is 18.4 Å². The first-order valence-electron chi connectivity index (χ1n) is 7.69. The summed E-state index contributed by atoms with van der Waals surface area (Å²) in [5.74, 6) is -0.135. The van der Waals surface area contributed by atoms with Crippen LogP contribution in [0.5, 0.6) is 0 Å². The molecule has 2 rings (SSSR count). The lowest BCUT2D eigenvalue weighted by Crippen LogP contribution is -2.23. The third-order valence-corrected chi connectivity index (χ3v) is 3.55. The van der Waals surface area contributed by atoms with Gasteiger partial charge in [0.15, 0.2) is 0 Å². The van der Waals surface area contributed by atoms with Crippen LogP contribution in [-0.2, 0) is 29.1 Å². The lowest BCUT2D eigenvalue weighted by atomic mass is 10.1. The van der Waals surface area contributed by atoms with Crippen molar-refractivity contribution in [1.82, 2.24) is 15.1 Å². The second-order valence-electron chi connectivity index (χ2n) is 5.37. The van der Waals surface area contributed by atoms with E-state index in [0.29, 0.717) is 12.2 Å². The van der Waals surface area contributed by atoms with Gasteiger partial charge in [-0.15, -0.1) is 0 Å². The molecule has 0 radical (unpaired) electrons. The minimum absolute atomic E-state index is 0.134. The molecule has 0 atom stereocenters. The minimum atomic E-state index is -0.135. The summed E-state index contributed by atoms with van der Waals surface area (Å²) in [6.45, 7) is 2.76. The predicted octanol–water partition coefficient (Wildman–Crippen LogP) is 1.74.